The van der Waals surface area contributed by atoms with E-state index in [2.05, 4.69) is 15.0 Å². The fraction of sp³-hybridized carbons (Fsp3) is 0.125. The lowest BCUT2D eigenvalue weighted by molar-refractivity contribution is 0.0954. The summed E-state index contributed by atoms with van der Waals surface area (Å²) in [5, 5.41) is 4.00. The lowest BCUT2D eigenvalue weighted by atomic mass is 10.1. The third kappa shape index (κ3) is 4.78. The number of rotatable bonds is 7. The number of hydrogen-bond acceptors (Lipinski definition) is 3. The number of benzene rings is 3. The molecule has 0 fully saturated rings. The second kappa shape index (κ2) is 8.65. The molecular weight excluding hydrogens is 410 g/mol. The Labute approximate surface area is 181 Å². The van der Waals surface area contributed by atoms with E-state index in [1.54, 1.807) is 24.3 Å². The van der Waals surface area contributed by atoms with Gasteiger partial charge in [-0.3, -0.25) is 9.52 Å². The van der Waals surface area contributed by atoms with Crippen LogP contribution in [-0.4, -0.2) is 25.9 Å². The van der Waals surface area contributed by atoms with Gasteiger partial charge in [0.2, 0.25) is 0 Å². The Kier molecular flexibility index (Phi) is 5.77. The summed E-state index contributed by atoms with van der Waals surface area (Å²) in [4.78, 5) is 15.8. The number of hydrogen-bond donors (Lipinski definition) is 3. The van der Waals surface area contributed by atoms with Gasteiger partial charge in [-0.05, 0) is 55.3 Å². The molecule has 1 heterocycles. The van der Waals surface area contributed by atoms with Gasteiger partial charge < -0.3 is 10.3 Å². The third-order valence-corrected chi connectivity index (χ3v) is 6.44. The van der Waals surface area contributed by atoms with Gasteiger partial charge in [0.25, 0.3) is 15.9 Å². The van der Waals surface area contributed by atoms with Gasteiger partial charge in [-0.25, -0.2) is 8.42 Å². The van der Waals surface area contributed by atoms with Crippen LogP contribution in [0, 0.1) is 6.92 Å². The first-order chi connectivity index (χ1) is 14.9. The Bertz CT molecular complexity index is 1330. The zero-order valence-electron chi connectivity index (χ0n) is 17.1. The van der Waals surface area contributed by atoms with Crippen LogP contribution in [0.2, 0.25) is 0 Å². The van der Waals surface area contributed by atoms with E-state index in [9.17, 15) is 13.2 Å². The minimum absolute atomic E-state index is 0.0392. The molecule has 4 rings (SSSR count). The highest BCUT2D eigenvalue weighted by atomic mass is 32.2. The van der Waals surface area contributed by atoms with E-state index >= 15 is 0 Å². The SMILES string of the molecule is Cc1ccc(NS(=O)(=O)c2cccc(C(=O)NCCc3c[nH]c4ccccc34)c2)cc1. The molecule has 6 nitrogen and oxygen atoms in total. The van der Waals surface area contributed by atoms with E-state index in [1.165, 1.54) is 12.1 Å². The highest BCUT2D eigenvalue weighted by molar-refractivity contribution is 7.92. The largest absolute Gasteiger partial charge is 0.361 e. The smallest absolute Gasteiger partial charge is 0.261 e. The third-order valence-electron chi connectivity index (χ3n) is 5.07. The summed E-state index contributed by atoms with van der Waals surface area (Å²) in [7, 11) is -3.80. The molecule has 31 heavy (non-hydrogen) atoms. The lowest BCUT2D eigenvalue weighted by Gasteiger charge is -2.10. The first kappa shape index (κ1) is 20.7. The van der Waals surface area contributed by atoms with Gasteiger partial charge >= 0.3 is 0 Å². The number of fused-ring (bicyclic) bond motifs is 1. The number of H-pyrrole nitrogens is 1. The van der Waals surface area contributed by atoms with Crippen LogP contribution in [0.25, 0.3) is 10.9 Å². The van der Waals surface area contributed by atoms with Crippen molar-refractivity contribution in [2.24, 2.45) is 0 Å². The van der Waals surface area contributed by atoms with Crippen molar-refractivity contribution in [3.63, 3.8) is 0 Å². The van der Waals surface area contributed by atoms with Crippen LogP contribution >= 0.6 is 0 Å². The van der Waals surface area contributed by atoms with E-state index in [1.807, 2.05) is 49.5 Å². The first-order valence-electron chi connectivity index (χ1n) is 9.95. The summed E-state index contributed by atoms with van der Waals surface area (Å²) < 4.78 is 28.0. The molecule has 7 heteroatoms. The molecule has 0 spiro atoms. The standard InChI is InChI=1S/C24H23N3O3S/c1-17-9-11-20(12-10-17)27-31(29,30)21-6-4-5-18(15-21)24(28)25-14-13-19-16-26-23-8-3-2-7-22(19)23/h2-12,15-16,26-27H,13-14H2,1H3,(H,25,28). The first-order valence-corrected chi connectivity index (χ1v) is 11.4. The van der Waals surface area contributed by atoms with Crippen LogP contribution in [0.3, 0.4) is 0 Å². The van der Waals surface area contributed by atoms with Gasteiger partial charge in [0.1, 0.15) is 0 Å². The minimum atomic E-state index is -3.80. The van der Waals surface area contributed by atoms with Crippen LogP contribution < -0.4 is 10.0 Å². The lowest BCUT2D eigenvalue weighted by Crippen LogP contribution is -2.26. The number of carbonyl (C=O) groups is 1. The Morgan fingerprint density at radius 3 is 2.55 bits per heavy atom. The molecule has 3 N–H and O–H groups in total. The van der Waals surface area contributed by atoms with Gasteiger partial charge in [-0.15, -0.1) is 0 Å². The maximum absolute atomic E-state index is 12.7. The molecule has 3 aromatic carbocycles. The summed E-state index contributed by atoms with van der Waals surface area (Å²) in [5.41, 5.74) is 3.98. The predicted octanol–water partition coefficient (Wildman–Crippen LogP) is 4.25. The van der Waals surface area contributed by atoms with Gasteiger partial charge in [-0.1, -0.05) is 42.0 Å². The van der Waals surface area contributed by atoms with Crippen molar-refractivity contribution < 1.29 is 13.2 Å². The van der Waals surface area contributed by atoms with Crippen molar-refractivity contribution in [1.29, 1.82) is 0 Å². The van der Waals surface area contributed by atoms with Gasteiger partial charge in [0, 0.05) is 34.9 Å². The monoisotopic (exact) mass is 433 g/mol. The Balaban J connectivity index is 1.42. The zero-order chi connectivity index (χ0) is 21.8. The van der Waals surface area contributed by atoms with Crippen molar-refractivity contribution >= 4 is 32.5 Å². The van der Waals surface area contributed by atoms with Gasteiger partial charge in [0.15, 0.2) is 0 Å². The van der Waals surface area contributed by atoms with Crippen molar-refractivity contribution in [2.45, 2.75) is 18.2 Å². The molecule has 0 saturated carbocycles. The maximum Gasteiger partial charge on any atom is 0.261 e. The number of nitrogens with one attached hydrogen (secondary N) is 3. The molecule has 0 atom stereocenters. The van der Waals surface area contributed by atoms with Gasteiger partial charge in [-0.2, -0.15) is 0 Å². The predicted molar refractivity (Wildman–Crippen MR) is 123 cm³/mol. The van der Waals surface area contributed by atoms with E-state index in [4.69, 9.17) is 0 Å². The molecule has 0 aliphatic rings. The molecule has 1 amide bonds. The normalized spacial score (nSPS) is 11.4. The van der Waals surface area contributed by atoms with E-state index in [-0.39, 0.29) is 10.8 Å². The average molecular weight is 434 g/mol. The molecule has 0 bridgehead atoms. The number of aromatic nitrogens is 1. The quantitative estimate of drug-likeness (QED) is 0.407. The number of carbonyl (C=O) groups excluding carboxylic acids is 1. The van der Waals surface area contributed by atoms with E-state index < -0.39 is 10.0 Å². The second-order valence-electron chi connectivity index (χ2n) is 7.36. The van der Waals surface area contributed by atoms with Gasteiger partial charge in [0.05, 0.1) is 4.90 Å². The van der Waals surface area contributed by atoms with Crippen LogP contribution in [0.4, 0.5) is 5.69 Å². The Hall–Kier alpha value is -3.58. The number of aromatic amines is 1. The van der Waals surface area contributed by atoms with Crippen molar-refractivity contribution in [1.82, 2.24) is 10.3 Å². The summed E-state index contributed by atoms with van der Waals surface area (Å²) >= 11 is 0. The molecule has 0 aliphatic carbocycles. The average Bonchev–Trinajstić information content (AvgIpc) is 3.18. The summed E-state index contributed by atoms with van der Waals surface area (Å²) in [6.45, 7) is 2.37. The zero-order valence-corrected chi connectivity index (χ0v) is 17.9. The summed E-state index contributed by atoms with van der Waals surface area (Å²) in [6.07, 6.45) is 2.61. The van der Waals surface area contributed by atoms with Crippen LogP contribution in [-0.2, 0) is 16.4 Å². The Morgan fingerprint density at radius 2 is 1.74 bits per heavy atom. The topological polar surface area (TPSA) is 91.1 Å². The van der Waals surface area contributed by atoms with Crippen molar-refractivity contribution in [3.05, 3.63) is 95.7 Å². The fourth-order valence-corrected chi connectivity index (χ4v) is 4.50. The highest BCUT2D eigenvalue weighted by Crippen LogP contribution is 2.19. The summed E-state index contributed by atoms with van der Waals surface area (Å²) in [6, 6.07) is 21.1. The molecule has 4 aromatic rings. The molecule has 1 aromatic heterocycles. The number of sulfonamides is 1. The fourth-order valence-electron chi connectivity index (χ4n) is 3.39. The maximum atomic E-state index is 12.7. The van der Waals surface area contributed by atoms with Crippen LogP contribution in [0.1, 0.15) is 21.5 Å². The highest BCUT2D eigenvalue weighted by Gasteiger charge is 2.16. The van der Waals surface area contributed by atoms with Crippen molar-refractivity contribution in [3.8, 4) is 0 Å². The number of para-hydroxylation sites is 1. The van der Waals surface area contributed by atoms with Crippen LogP contribution in [0.5, 0.6) is 0 Å². The molecule has 0 unspecified atom stereocenters. The van der Waals surface area contributed by atoms with Crippen LogP contribution in [0.15, 0.2) is 83.9 Å². The molecule has 0 aliphatic heterocycles. The number of amides is 1. The second-order valence-corrected chi connectivity index (χ2v) is 9.05. The van der Waals surface area contributed by atoms with E-state index in [0.29, 0.717) is 24.2 Å². The minimum Gasteiger partial charge on any atom is -0.361 e. The molecule has 0 saturated heterocycles. The number of aryl methyl sites for hydroxylation is 1. The Morgan fingerprint density at radius 1 is 0.968 bits per heavy atom. The molecule has 158 valence electrons. The summed E-state index contributed by atoms with van der Waals surface area (Å²) in [5.74, 6) is -0.313. The molecule has 0 radical (unpaired) electrons. The molecular formula is C24H23N3O3S. The number of anilines is 1. The van der Waals surface area contributed by atoms with E-state index in [0.717, 1.165) is 22.0 Å². The van der Waals surface area contributed by atoms with Crippen molar-refractivity contribution in [2.75, 3.05) is 11.3 Å².